The fourth-order valence-electron chi connectivity index (χ4n) is 1.28. The minimum atomic E-state index is 0.314. The zero-order chi connectivity index (χ0) is 9.80. The van der Waals surface area contributed by atoms with Crippen molar-refractivity contribution in [2.45, 2.75) is 13.0 Å². The van der Waals surface area contributed by atoms with E-state index in [9.17, 15) is 0 Å². The van der Waals surface area contributed by atoms with Gasteiger partial charge < -0.3 is 9.47 Å². The van der Waals surface area contributed by atoms with Crippen molar-refractivity contribution >= 4 is 5.76 Å². The fourth-order valence-corrected chi connectivity index (χ4v) is 1.28. The quantitative estimate of drug-likeness (QED) is 0.537. The predicted octanol–water partition coefficient (Wildman–Crippen LogP) is 2.46. The number of rotatable bonds is 4. The Morgan fingerprint density at radius 3 is 2.79 bits per heavy atom. The Hall–Kier alpha value is -1.28. The van der Waals surface area contributed by atoms with Gasteiger partial charge in [0.2, 0.25) is 0 Å². The molecular formula is C12H14O2. The zero-order valence-corrected chi connectivity index (χ0v) is 8.27. The molecule has 1 heterocycles. The maximum Gasteiger partial charge on any atom is 0.122 e. The molecule has 2 nitrogen and oxygen atoms in total. The molecule has 1 aromatic carbocycles. The Labute approximate surface area is 84.2 Å². The summed E-state index contributed by atoms with van der Waals surface area (Å²) in [4.78, 5) is 0. The summed E-state index contributed by atoms with van der Waals surface area (Å²) in [5, 5.41) is 0. The molecule has 1 atom stereocenters. The van der Waals surface area contributed by atoms with E-state index in [0.717, 1.165) is 17.9 Å². The van der Waals surface area contributed by atoms with Crippen molar-refractivity contribution in [3.05, 3.63) is 42.0 Å². The summed E-state index contributed by atoms with van der Waals surface area (Å²) in [5.41, 5.74) is 1.12. The highest BCUT2D eigenvalue weighted by molar-refractivity contribution is 5.59. The molecule has 1 aromatic rings. The van der Waals surface area contributed by atoms with Crippen LogP contribution in [-0.4, -0.2) is 19.3 Å². The van der Waals surface area contributed by atoms with Crippen LogP contribution in [0.5, 0.6) is 0 Å². The zero-order valence-electron chi connectivity index (χ0n) is 8.27. The molecule has 0 aromatic heterocycles. The lowest BCUT2D eigenvalue weighted by Gasteiger charge is -2.08. The molecule has 0 spiro atoms. The van der Waals surface area contributed by atoms with E-state index in [0.29, 0.717) is 12.7 Å². The molecule has 14 heavy (non-hydrogen) atoms. The largest absolute Gasteiger partial charge is 0.491 e. The first kappa shape index (κ1) is 9.28. The second-order valence-electron chi connectivity index (χ2n) is 3.29. The van der Waals surface area contributed by atoms with Gasteiger partial charge in [0, 0.05) is 5.56 Å². The Kier molecular flexibility index (Phi) is 2.84. The molecule has 1 fully saturated rings. The SMILES string of the molecule is C/C=C(\OCC1CO1)c1ccccc1. The molecule has 0 bridgehead atoms. The predicted molar refractivity (Wildman–Crippen MR) is 55.8 cm³/mol. The van der Waals surface area contributed by atoms with E-state index < -0.39 is 0 Å². The Bertz CT molecular complexity index is 312. The molecule has 0 saturated carbocycles. The van der Waals surface area contributed by atoms with E-state index in [4.69, 9.17) is 9.47 Å². The van der Waals surface area contributed by atoms with E-state index >= 15 is 0 Å². The van der Waals surface area contributed by atoms with E-state index in [1.165, 1.54) is 0 Å². The summed E-state index contributed by atoms with van der Waals surface area (Å²) < 4.78 is 10.7. The van der Waals surface area contributed by atoms with Crippen molar-refractivity contribution < 1.29 is 9.47 Å². The molecule has 1 aliphatic rings. The van der Waals surface area contributed by atoms with Crippen molar-refractivity contribution in [3.8, 4) is 0 Å². The Morgan fingerprint density at radius 1 is 1.50 bits per heavy atom. The van der Waals surface area contributed by atoms with Gasteiger partial charge in [0.1, 0.15) is 18.5 Å². The molecule has 0 aliphatic carbocycles. The van der Waals surface area contributed by atoms with Gasteiger partial charge in [-0.3, -0.25) is 0 Å². The van der Waals surface area contributed by atoms with E-state index in [1.54, 1.807) is 0 Å². The van der Waals surface area contributed by atoms with Crippen molar-refractivity contribution in [3.63, 3.8) is 0 Å². The molecular weight excluding hydrogens is 176 g/mol. The van der Waals surface area contributed by atoms with Crippen LogP contribution >= 0.6 is 0 Å². The van der Waals surface area contributed by atoms with Crippen LogP contribution in [0.2, 0.25) is 0 Å². The second kappa shape index (κ2) is 4.29. The smallest absolute Gasteiger partial charge is 0.122 e. The topological polar surface area (TPSA) is 21.8 Å². The minimum Gasteiger partial charge on any atom is -0.491 e. The van der Waals surface area contributed by atoms with Crippen LogP contribution in [0.15, 0.2) is 36.4 Å². The average molecular weight is 190 g/mol. The van der Waals surface area contributed by atoms with Crippen LogP contribution in [0.25, 0.3) is 5.76 Å². The van der Waals surface area contributed by atoms with E-state index in [-0.39, 0.29) is 0 Å². The van der Waals surface area contributed by atoms with Gasteiger partial charge in [0.25, 0.3) is 0 Å². The van der Waals surface area contributed by atoms with Gasteiger partial charge in [-0.15, -0.1) is 0 Å². The number of hydrogen-bond acceptors (Lipinski definition) is 2. The highest BCUT2D eigenvalue weighted by Crippen LogP contribution is 2.18. The van der Waals surface area contributed by atoms with Gasteiger partial charge >= 0.3 is 0 Å². The lowest BCUT2D eigenvalue weighted by molar-refractivity contribution is 0.233. The maximum atomic E-state index is 5.64. The summed E-state index contributed by atoms with van der Waals surface area (Å²) in [6.45, 7) is 3.48. The van der Waals surface area contributed by atoms with E-state index in [2.05, 4.69) is 0 Å². The maximum absolute atomic E-state index is 5.64. The van der Waals surface area contributed by atoms with Gasteiger partial charge in [0.15, 0.2) is 0 Å². The molecule has 2 rings (SSSR count). The van der Waals surface area contributed by atoms with Crippen LogP contribution in [0.3, 0.4) is 0 Å². The van der Waals surface area contributed by atoms with Crippen molar-refractivity contribution in [2.75, 3.05) is 13.2 Å². The van der Waals surface area contributed by atoms with Gasteiger partial charge in [0.05, 0.1) is 6.61 Å². The fraction of sp³-hybridized carbons (Fsp3) is 0.333. The number of hydrogen-bond donors (Lipinski definition) is 0. The van der Waals surface area contributed by atoms with Gasteiger partial charge in [-0.1, -0.05) is 30.3 Å². The first-order chi connectivity index (χ1) is 6.90. The summed E-state index contributed by atoms with van der Waals surface area (Å²) in [6, 6.07) is 10.1. The molecule has 1 unspecified atom stereocenters. The standard InChI is InChI=1S/C12H14O2/c1-2-12(14-9-11-8-13-11)10-6-4-3-5-7-10/h2-7,11H,8-9H2,1H3/b12-2-. The lowest BCUT2D eigenvalue weighted by Crippen LogP contribution is -2.00. The van der Waals surface area contributed by atoms with Crippen LogP contribution < -0.4 is 0 Å². The average Bonchev–Trinajstić information content (AvgIpc) is 3.04. The number of allylic oxidation sites excluding steroid dienone is 1. The molecule has 1 saturated heterocycles. The van der Waals surface area contributed by atoms with Crippen molar-refractivity contribution in [1.82, 2.24) is 0 Å². The van der Waals surface area contributed by atoms with Crippen LogP contribution in [0.1, 0.15) is 12.5 Å². The van der Waals surface area contributed by atoms with Crippen LogP contribution in [0, 0.1) is 0 Å². The third-order valence-electron chi connectivity index (χ3n) is 2.15. The van der Waals surface area contributed by atoms with Gasteiger partial charge in [-0.05, 0) is 13.0 Å². The molecule has 1 aliphatic heterocycles. The number of epoxide rings is 1. The molecule has 0 amide bonds. The van der Waals surface area contributed by atoms with Crippen molar-refractivity contribution in [1.29, 1.82) is 0 Å². The number of benzene rings is 1. The minimum absolute atomic E-state index is 0.314. The lowest BCUT2D eigenvalue weighted by atomic mass is 10.2. The molecule has 0 radical (unpaired) electrons. The number of ether oxygens (including phenoxy) is 2. The normalized spacial score (nSPS) is 20.6. The molecule has 0 N–H and O–H groups in total. The highest BCUT2D eigenvalue weighted by atomic mass is 16.6. The second-order valence-corrected chi connectivity index (χ2v) is 3.29. The van der Waals surface area contributed by atoms with E-state index in [1.807, 2.05) is 43.3 Å². The Balaban J connectivity index is 1.98. The first-order valence-corrected chi connectivity index (χ1v) is 4.86. The molecule has 2 heteroatoms. The Morgan fingerprint density at radius 2 is 2.21 bits per heavy atom. The first-order valence-electron chi connectivity index (χ1n) is 4.86. The third-order valence-corrected chi connectivity index (χ3v) is 2.15. The monoisotopic (exact) mass is 190 g/mol. The van der Waals surface area contributed by atoms with Gasteiger partial charge in [-0.25, -0.2) is 0 Å². The highest BCUT2D eigenvalue weighted by Gasteiger charge is 2.23. The van der Waals surface area contributed by atoms with Gasteiger partial charge in [-0.2, -0.15) is 0 Å². The van der Waals surface area contributed by atoms with Crippen LogP contribution in [-0.2, 0) is 9.47 Å². The summed E-state index contributed by atoms with van der Waals surface area (Å²) >= 11 is 0. The van der Waals surface area contributed by atoms with Crippen LogP contribution in [0.4, 0.5) is 0 Å². The third kappa shape index (κ3) is 2.36. The summed E-state index contributed by atoms with van der Waals surface area (Å²) in [6.07, 6.45) is 2.30. The van der Waals surface area contributed by atoms with Crippen molar-refractivity contribution in [2.24, 2.45) is 0 Å². The summed E-state index contributed by atoms with van der Waals surface area (Å²) in [5.74, 6) is 0.932. The summed E-state index contributed by atoms with van der Waals surface area (Å²) in [7, 11) is 0. The molecule has 74 valence electrons.